The highest BCUT2D eigenvalue weighted by Crippen LogP contribution is 2.25. The van der Waals surface area contributed by atoms with Crippen LogP contribution in [-0.2, 0) is 5.75 Å². The predicted octanol–water partition coefficient (Wildman–Crippen LogP) is 4.57. The molecule has 0 saturated heterocycles. The summed E-state index contributed by atoms with van der Waals surface area (Å²) in [5.41, 5.74) is 0.705. The molecule has 0 unspecified atom stereocenters. The maximum atomic E-state index is 12.9. The van der Waals surface area contributed by atoms with E-state index in [4.69, 9.17) is 9.26 Å². The second kappa shape index (κ2) is 7.28. The summed E-state index contributed by atoms with van der Waals surface area (Å²) in [5, 5.41) is 3.95. The maximum absolute atomic E-state index is 12.9. The predicted molar refractivity (Wildman–Crippen MR) is 86.9 cm³/mol. The molecule has 3 aromatic rings. The summed E-state index contributed by atoms with van der Waals surface area (Å²) in [6.45, 7) is 2.61. The van der Waals surface area contributed by atoms with Crippen molar-refractivity contribution < 1.29 is 13.7 Å². The van der Waals surface area contributed by atoms with Crippen LogP contribution in [0.5, 0.6) is 5.75 Å². The average molecular weight is 330 g/mol. The lowest BCUT2D eigenvalue weighted by Crippen LogP contribution is -1.90. The largest absolute Gasteiger partial charge is 0.494 e. The molecule has 0 atom stereocenters. The molecule has 0 radical (unpaired) electrons. The van der Waals surface area contributed by atoms with Crippen LogP contribution in [0.15, 0.2) is 57.9 Å². The van der Waals surface area contributed by atoms with Crippen LogP contribution >= 0.6 is 11.8 Å². The lowest BCUT2D eigenvalue weighted by Gasteiger charge is -2.03. The Morgan fingerprint density at radius 2 is 1.83 bits per heavy atom. The molecule has 0 saturated carbocycles. The fourth-order valence-corrected chi connectivity index (χ4v) is 2.71. The van der Waals surface area contributed by atoms with Crippen molar-refractivity contribution in [3.8, 4) is 17.2 Å². The summed E-state index contributed by atoms with van der Waals surface area (Å²) < 4.78 is 23.5. The smallest absolute Gasteiger partial charge is 0.257 e. The van der Waals surface area contributed by atoms with E-state index in [2.05, 4.69) is 10.1 Å². The number of hydrogen-bond acceptors (Lipinski definition) is 5. The van der Waals surface area contributed by atoms with Gasteiger partial charge in [0, 0.05) is 10.5 Å². The third-order valence-electron chi connectivity index (χ3n) is 3.06. The molecular formula is C17H15FN2O2S. The van der Waals surface area contributed by atoms with E-state index in [1.807, 2.05) is 31.2 Å². The fourth-order valence-electron chi connectivity index (χ4n) is 1.97. The van der Waals surface area contributed by atoms with E-state index in [1.54, 1.807) is 23.9 Å². The fraction of sp³-hybridized carbons (Fsp3) is 0.176. The van der Waals surface area contributed by atoms with E-state index in [9.17, 15) is 4.39 Å². The second-order valence-corrected chi connectivity index (χ2v) is 5.76. The van der Waals surface area contributed by atoms with Crippen molar-refractivity contribution in [2.75, 3.05) is 6.61 Å². The second-order valence-electron chi connectivity index (χ2n) is 4.72. The van der Waals surface area contributed by atoms with Crippen LogP contribution in [0.25, 0.3) is 11.5 Å². The Bertz CT molecular complexity index is 757. The monoisotopic (exact) mass is 330 g/mol. The maximum Gasteiger partial charge on any atom is 0.257 e. The summed E-state index contributed by atoms with van der Waals surface area (Å²) in [4.78, 5) is 5.43. The Morgan fingerprint density at radius 1 is 1.09 bits per heavy atom. The number of benzene rings is 2. The van der Waals surface area contributed by atoms with Gasteiger partial charge in [-0.3, -0.25) is 0 Å². The van der Waals surface area contributed by atoms with Gasteiger partial charge in [-0.15, -0.1) is 11.8 Å². The van der Waals surface area contributed by atoms with Gasteiger partial charge in [0.05, 0.1) is 12.4 Å². The number of aromatic nitrogens is 2. The molecule has 1 heterocycles. The summed E-state index contributed by atoms with van der Waals surface area (Å²) in [6.07, 6.45) is 0. The molecule has 118 valence electrons. The molecule has 3 rings (SSSR count). The third-order valence-corrected chi connectivity index (χ3v) is 4.07. The number of rotatable bonds is 6. The summed E-state index contributed by atoms with van der Waals surface area (Å²) in [7, 11) is 0. The van der Waals surface area contributed by atoms with Crippen LogP contribution in [0.2, 0.25) is 0 Å². The van der Waals surface area contributed by atoms with Crippen molar-refractivity contribution in [2.24, 2.45) is 0 Å². The molecule has 0 amide bonds. The van der Waals surface area contributed by atoms with Crippen molar-refractivity contribution in [3.05, 3.63) is 60.2 Å². The first-order valence-electron chi connectivity index (χ1n) is 7.19. The van der Waals surface area contributed by atoms with Crippen LogP contribution in [0.1, 0.15) is 12.7 Å². The molecule has 0 aliphatic rings. The molecule has 0 N–H and O–H groups in total. The quantitative estimate of drug-likeness (QED) is 0.620. The van der Waals surface area contributed by atoms with Crippen molar-refractivity contribution in [3.63, 3.8) is 0 Å². The van der Waals surface area contributed by atoms with E-state index < -0.39 is 0 Å². The van der Waals surface area contributed by atoms with E-state index in [0.29, 0.717) is 29.6 Å². The molecule has 4 nitrogen and oxygen atoms in total. The van der Waals surface area contributed by atoms with Gasteiger partial charge < -0.3 is 9.26 Å². The molecule has 23 heavy (non-hydrogen) atoms. The third kappa shape index (κ3) is 4.10. The van der Waals surface area contributed by atoms with Gasteiger partial charge in [-0.25, -0.2) is 4.39 Å². The van der Waals surface area contributed by atoms with Crippen molar-refractivity contribution in [2.45, 2.75) is 17.6 Å². The SMILES string of the molecule is CCOc1ccc(SCc2noc(-c3ccc(F)cc3)n2)cc1. The van der Waals surface area contributed by atoms with Crippen LogP contribution in [0.4, 0.5) is 4.39 Å². The molecule has 0 spiro atoms. The molecule has 2 aromatic carbocycles. The van der Waals surface area contributed by atoms with Crippen LogP contribution in [0.3, 0.4) is 0 Å². The van der Waals surface area contributed by atoms with E-state index in [0.717, 1.165) is 10.6 Å². The summed E-state index contributed by atoms with van der Waals surface area (Å²) in [6, 6.07) is 13.8. The van der Waals surface area contributed by atoms with Crippen molar-refractivity contribution >= 4 is 11.8 Å². The first kappa shape index (κ1) is 15.6. The minimum atomic E-state index is -0.292. The van der Waals surface area contributed by atoms with Gasteiger partial charge in [-0.2, -0.15) is 4.98 Å². The molecule has 6 heteroatoms. The normalized spacial score (nSPS) is 10.7. The van der Waals surface area contributed by atoms with Crippen LogP contribution in [-0.4, -0.2) is 16.7 Å². The number of halogens is 1. The molecule has 0 bridgehead atoms. The highest BCUT2D eigenvalue weighted by atomic mass is 32.2. The van der Waals surface area contributed by atoms with Crippen molar-refractivity contribution in [1.82, 2.24) is 10.1 Å². The van der Waals surface area contributed by atoms with E-state index in [-0.39, 0.29) is 5.82 Å². The number of hydrogen-bond donors (Lipinski definition) is 0. The Hall–Kier alpha value is -2.34. The molecule has 0 aliphatic heterocycles. The lowest BCUT2D eigenvalue weighted by molar-refractivity contribution is 0.340. The molecular weight excluding hydrogens is 315 g/mol. The Kier molecular flexibility index (Phi) is 4.92. The minimum absolute atomic E-state index is 0.292. The molecule has 1 aromatic heterocycles. The zero-order chi connectivity index (χ0) is 16.1. The minimum Gasteiger partial charge on any atom is -0.494 e. The highest BCUT2D eigenvalue weighted by Gasteiger charge is 2.09. The van der Waals surface area contributed by atoms with Gasteiger partial charge in [0.15, 0.2) is 5.82 Å². The standard InChI is InChI=1S/C17H15FN2O2S/c1-2-21-14-7-9-15(10-8-14)23-11-16-19-17(22-20-16)12-3-5-13(18)6-4-12/h3-10H,2,11H2,1H3. The lowest BCUT2D eigenvalue weighted by atomic mass is 10.2. The summed E-state index contributed by atoms with van der Waals surface area (Å²) >= 11 is 1.61. The van der Waals surface area contributed by atoms with Gasteiger partial charge >= 0.3 is 0 Å². The van der Waals surface area contributed by atoms with Gasteiger partial charge in [-0.1, -0.05) is 5.16 Å². The molecule has 0 fully saturated rings. The summed E-state index contributed by atoms with van der Waals surface area (Å²) in [5.74, 6) is 2.16. The first-order chi connectivity index (χ1) is 11.2. The van der Waals surface area contributed by atoms with E-state index in [1.165, 1.54) is 12.1 Å². The van der Waals surface area contributed by atoms with Crippen LogP contribution in [0, 0.1) is 5.82 Å². The Balaban J connectivity index is 1.61. The average Bonchev–Trinajstić information content (AvgIpc) is 3.04. The Labute approximate surface area is 137 Å². The van der Waals surface area contributed by atoms with Gasteiger partial charge in [0.25, 0.3) is 5.89 Å². The topological polar surface area (TPSA) is 48.2 Å². The zero-order valence-corrected chi connectivity index (χ0v) is 13.3. The Morgan fingerprint density at radius 3 is 2.52 bits per heavy atom. The van der Waals surface area contributed by atoms with Crippen LogP contribution < -0.4 is 4.74 Å². The number of ether oxygens (including phenoxy) is 1. The highest BCUT2D eigenvalue weighted by molar-refractivity contribution is 7.98. The first-order valence-corrected chi connectivity index (χ1v) is 8.17. The van der Waals surface area contributed by atoms with Gasteiger partial charge in [0.1, 0.15) is 11.6 Å². The van der Waals surface area contributed by atoms with Gasteiger partial charge in [-0.05, 0) is 55.5 Å². The van der Waals surface area contributed by atoms with Crippen molar-refractivity contribution in [1.29, 1.82) is 0 Å². The molecule has 0 aliphatic carbocycles. The van der Waals surface area contributed by atoms with E-state index >= 15 is 0 Å². The zero-order valence-electron chi connectivity index (χ0n) is 12.5. The van der Waals surface area contributed by atoms with Gasteiger partial charge in [0.2, 0.25) is 0 Å². The number of thioether (sulfide) groups is 1. The number of nitrogens with zero attached hydrogens (tertiary/aromatic N) is 2.